The van der Waals surface area contributed by atoms with Crippen molar-refractivity contribution >= 4 is 0 Å². The van der Waals surface area contributed by atoms with Crippen LogP contribution in [0.1, 0.15) is 13.8 Å². The lowest BCUT2D eigenvalue weighted by atomic mass is 10.4. The van der Waals surface area contributed by atoms with Crippen LogP contribution in [0.4, 0.5) is 0 Å². The fourth-order valence-corrected chi connectivity index (χ4v) is 0.767. The van der Waals surface area contributed by atoms with E-state index in [9.17, 15) is 0 Å². The maximum Gasteiger partial charge on any atom is 0.152 e. The third-order valence-corrected chi connectivity index (χ3v) is 1.21. The van der Waals surface area contributed by atoms with Gasteiger partial charge in [0.25, 0.3) is 0 Å². The first-order chi connectivity index (χ1) is 5.66. The summed E-state index contributed by atoms with van der Waals surface area (Å²) < 4.78 is 15.0. The number of rotatable bonds is 7. The van der Waals surface area contributed by atoms with Gasteiger partial charge in [0.05, 0.1) is 25.9 Å². The zero-order valence-corrected chi connectivity index (χ0v) is 7.95. The Hall–Kier alpha value is -0.160. The molecule has 0 heterocycles. The first-order valence-electron chi connectivity index (χ1n) is 4.07. The summed E-state index contributed by atoms with van der Waals surface area (Å²) in [6.45, 7) is 5.05. The van der Waals surface area contributed by atoms with Crippen molar-refractivity contribution < 1.29 is 19.3 Å². The summed E-state index contributed by atoms with van der Waals surface area (Å²) in [4.78, 5) is 0. The first-order valence-corrected chi connectivity index (χ1v) is 4.07. The maximum absolute atomic E-state index is 8.82. The summed E-state index contributed by atoms with van der Waals surface area (Å²) in [7, 11) is 1.62. The molecular weight excluding hydrogens is 160 g/mol. The minimum absolute atomic E-state index is 0.0816. The van der Waals surface area contributed by atoms with E-state index in [0.29, 0.717) is 19.8 Å². The monoisotopic (exact) mass is 178 g/mol. The molecule has 2 unspecified atom stereocenters. The summed E-state index contributed by atoms with van der Waals surface area (Å²) in [5.74, 6) is 0. The van der Waals surface area contributed by atoms with Gasteiger partial charge in [-0.25, -0.2) is 0 Å². The quantitative estimate of drug-likeness (QED) is 0.452. The highest BCUT2D eigenvalue weighted by molar-refractivity contribution is 4.46. The third-order valence-electron chi connectivity index (χ3n) is 1.21. The van der Waals surface area contributed by atoms with E-state index < -0.39 is 6.29 Å². The Kier molecular flexibility index (Phi) is 7.39. The zero-order chi connectivity index (χ0) is 9.40. The molecule has 4 heteroatoms. The maximum atomic E-state index is 8.82. The van der Waals surface area contributed by atoms with E-state index >= 15 is 0 Å². The third kappa shape index (κ3) is 7.94. The largest absolute Gasteiger partial charge is 0.382 e. The van der Waals surface area contributed by atoms with Crippen LogP contribution in [-0.2, 0) is 14.2 Å². The number of hydrogen-bond acceptors (Lipinski definition) is 4. The van der Waals surface area contributed by atoms with Crippen molar-refractivity contribution in [2.75, 3.05) is 26.9 Å². The van der Waals surface area contributed by atoms with Crippen LogP contribution in [0, 0.1) is 0 Å². The molecule has 0 aliphatic rings. The second-order valence-corrected chi connectivity index (χ2v) is 2.61. The van der Waals surface area contributed by atoms with Crippen LogP contribution in [0.15, 0.2) is 0 Å². The lowest BCUT2D eigenvalue weighted by molar-refractivity contribution is -0.137. The van der Waals surface area contributed by atoms with Crippen molar-refractivity contribution in [1.29, 1.82) is 0 Å². The Morgan fingerprint density at radius 2 is 1.92 bits per heavy atom. The molecule has 0 saturated carbocycles. The van der Waals surface area contributed by atoms with Crippen molar-refractivity contribution in [3.05, 3.63) is 0 Å². The van der Waals surface area contributed by atoms with Gasteiger partial charge in [-0.05, 0) is 13.8 Å². The van der Waals surface area contributed by atoms with Gasteiger partial charge in [0.15, 0.2) is 6.29 Å². The van der Waals surface area contributed by atoms with Gasteiger partial charge in [0, 0.05) is 7.11 Å². The van der Waals surface area contributed by atoms with E-state index in [-0.39, 0.29) is 6.10 Å². The van der Waals surface area contributed by atoms with Crippen molar-refractivity contribution in [2.45, 2.75) is 26.2 Å². The standard InChI is InChI=1S/C8H18O4/c1-7(12-8(2)9)6-11-5-4-10-3/h7-9H,4-6H2,1-3H3. The van der Waals surface area contributed by atoms with Crippen LogP contribution in [0.3, 0.4) is 0 Å². The summed E-state index contributed by atoms with van der Waals surface area (Å²) in [6.07, 6.45) is -0.812. The van der Waals surface area contributed by atoms with Crippen LogP contribution >= 0.6 is 0 Å². The predicted octanol–water partition coefficient (Wildman–Crippen LogP) is 0.393. The average Bonchev–Trinajstić information content (AvgIpc) is 1.97. The highest BCUT2D eigenvalue weighted by Gasteiger charge is 2.04. The van der Waals surface area contributed by atoms with E-state index in [0.717, 1.165) is 0 Å². The first kappa shape index (κ1) is 11.8. The zero-order valence-electron chi connectivity index (χ0n) is 7.95. The SMILES string of the molecule is COCCOCC(C)OC(C)O. The van der Waals surface area contributed by atoms with E-state index in [4.69, 9.17) is 19.3 Å². The molecule has 0 spiro atoms. The predicted molar refractivity (Wildman–Crippen MR) is 44.9 cm³/mol. The van der Waals surface area contributed by atoms with Gasteiger partial charge in [-0.2, -0.15) is 0 Å². The molecule has 4 nitrogen and oxygen atoms in total. The molecule has 0 aromatic carbocycles. The molecule has 0 radical (unpaired) electrons. The van der Waals surface area contributed by atoms with Gasteiger partial charge in [0.1, 0.15) is 0 Å². The van der Waals surface area contributed by atoms with Crippen molar-refractivity contribution in [2.24, 2.45) is 0 Å². The summed E-state index contributed by atoms with van der Waals surface area (Å²) in [5.41, 5.74) is 0. The van der Waals surface area contributed by atoms with Gasteiger partial charge < -0.3 is 19.3 Å². The fourth-order valence-electron chi connectivity index (χ4n) is 0.767. The Morgan fingerprint density at radius 3 is 2.42 bits per heavy atom. The summed E-state index contributed by atoms with van der Waals surface area (Å²) in [6, 6.07) is 0. The topological polar surface area (TPSA) is 47.9 Å². The van der Waals surface area contributed by atoms with Crippen molar-refractivity contribution in [1.82, 2.24) is 0 Å². The van der Waals surface area contributed by atoms with Gasteiger partial charge >= 0.3 is 0 Å². The van der Waals surface area contributed by atoms with Crippen LogP contribution in [-0.4, -0.2) is 44.4 Å². The Balaban J connectivity index is 3.14. The molecule has 0 aromatic rings. The van der Waals surface area contributed by atoms with Gasteiger partial charge in [-0.3, -0.25) is 0 Å². The van der Waals surface area contributed by atoms with E-state index in [1.54, 1.807) is 14.0 Å². The molecule has 0 aromatic heterocycles. The second kappa shape index (κ2) is 7.49. The number of methoxy groups -OCH3 is 1. The Morgan fingerprint density at radius 1 is 1.25 bits per heavy atom. The lowest BCUT2D eigenvalue weighted by Gasteiger charge is -2.14. The smallest absolute Gasteiger partial charge is 0.152 e. The van der Waals surface area contributed by atoms with Crippen molar-refractivity contribution in [3.63, 3.8) is 0 Å². The molecular formula is C8H18O4. The van der Waals surface area contributed by atoms with Crippen LogP contribution in [0.2, 0.25) is 0 Å². The number of hydrogen-bond donors (Lipinski definition) is 1. The lowest BCUT2D eigenvalue weighted by Crippen LogP contribution is -2.22. The summed E-state index contributed by atoms with van der Waals surface area (Å²) in [5, 5.41) is 8.82. The molecule has 0 aliphatic carbocycles. The molecule has 2 atom stereocenters. The normalized spacial score (nSPS) is 16.0. The minimum Gasteiger partial charge on any atom is -0.382 e. The van der Waals surface area contributed by atoms with E-state index in [1.165, 1.54) is 0 Å². The molecule has 0 saturated heterocycles. The van der Waals surface area contributed by atoms with Gasteiger partial charge in [-0.1, -0.05) is 0 Å². The molecule has 0 amide bonds. The number of ether oxygens (including phenoxy) is 3. The summed E-state index contributed by atoms with van der Waals surface area (Å²) >= 11 is 0. The number of aliphatic hydroxyl groups excluding tert-OH is 1. The fraction of sp³-hybridized carbons (Fsp3) is 1.00. The Labute approximate surface area is 73.4 Å². The van der Waals surface area contributed by atoms with Crippen molar-refractivity contribution in [3.8, 4) is 0 Å². The average molecular weight is 178 g/mol. The van der Waals surface area contributed by atoms with Crippen LogP contribution in [0.5, 0.6) is 0 Å². The molecule has 0 rings (SSSR count). The van der Waals surface area contributed by atoms with Gasteiger partial charge in [-0.15, -0.1) is 0 Å². The minimum atomic E-state index is -0.731. The molecule has 0 bridgehead atoms. The van der Waals surface area contributed by atoms with Crippen LogP contribution in [0.25, 0.3) is 0 Å². The van der Waals surface area contributed by atoms with Gasteiger partial charge in [0.2, 0.25) is 0 Å². The van der Waals surface area contributed by atoms with E-state index in [1.807, 2.05) is 6.92 Å². The highest BCUT2D eigenvalue weighted by Crippen LogP contribution is 1.95. The molecule has 0 fully saturated rings. The Bertz CT molecular complexity index is 95.1. The molecule has 74 valence electrons. The number of aliphatic hydroxyl groups is 1. The van der Waals surface area contributed by atoms with E-state index in [2.05, 4.69) is 0 Å². The molecule has 0 aliphatic heterocycles. The second-order valence-electron chi connectivity index (χ2n) is 2.61. The highest BCUT2D eigenvalue weighted by atomic mass is 16.6. The molecule has 12 heavy (non-hydrogen) atoms. The molecule has 1 N–H and O–H groups in total. The van der Waals surface area contributed by atoms with Crippen LogP contribution < -0.4 is 0 Å².